The van der Waals surface area contributed by atoms with E-state index in [0.717, 1.165) is 39.3 Å². The van der Waals surface area contributed by atoms with Crippen LogP contribution in [0.3, 0.4) is 0 Å². The first kappa shape index (κ1) is 9.71. The SMILES string of the molecule is COCCNCCN1CC=CC1. The van der Waals surface area contributed by atoms with E-state index in [1.807, 2.05) is 0 Å². The van der Waals surface area contributed by atoms with Crippen LogP contribution in [0.4, 0.5) is 0 Å². The highest BCUT2D eigenvalue weighted by Crippen LogP contribution is 1.95. The molecule has 0 bridgehead atoms. The molecule has 0 aliphatic carbocycles. The van der Waals surface area contributed by atoms with E-state index >= 15 is 0 Å². The first-order valence-electron chi connectivity index (χ1n) is 4.50. The maximum atomic E-state index is 4.93. The van der Waals surface area contributed by atoms with Crippen LogP contribution in [0, 0.1) is 0 Å². The van der Waals surface area contributed by atoms with Gasteiger partial charge in [0.1, 0.15) is 0 Å². The van der Waals surface area contributed by atoms with Crippen molar-refractivity contribution < 1.29 is 4.74 Å². The normalized spacial score (nSPS) is 17.4. The minimum absolute atomic E-state index is 0.804. The van der Waals surface area contributed by atoms with E-state index in [0.29, 0.717) is 0 Å². The van der Waals surface area contributed by atoms with Crippen LogP contribution in [-0.4, -0.2) is 51.3 Å². The fourth-order valence-corrected chi connectivity index (χ4v) is 1.24. The minimum atomic E-state index is 0.804. The predicted molar refractivity (Wildman–Crippen MR) is 50.3 cm³/mol. The summed E-state index contributed by atoms with van der Waals surface area (Å²) in [7, 11) is 1.73. The molecule has 1 rings (SSSR count). The van der Waals surface area contributed by atoms with Gasteiger partial charge < -0.3 is 10.1 Å². The zero-order valence-electron chi connectivity index (χ0n) is 7.75. The van der Waals surface area contributed by atoms with Gasteiger partial charge in [0.15, 0.2) is 0 Å². The molecule has 0 fully saturated rings. The summed E-state index contributed by atoms with van der Waals surface area (Å²) in [6.07, 6.45) is 4.43. The van der Waals surface area contributed by atoms with Gasteiger partial charge in [0, 0.05) is 39.8 Å². The Morgan fingerprint density at radius 1 is 1.33 bits per heavy atom. The number of nitrogens with zero attached hydrogens (tertiary/aromatic N) is 1. The number of hydrogen-bond acceptors (Lipinski definition) is 3. The monoisotopic (exact) mass is 170 g/mol. The van der Waals surface area contributed by atoms with Crippen LogP contribution in [0.15, 0.2) is 12.2 Å². The summed E-state index contributed by atoms with van der Waals surface area (Å²) in [5.74, 6) is 0. The van der Waals surface area contributed by atoms with E-state index in [1.165, 1.54) is 0 Å². The van der Waals surface area contributed by atoms with E-state index in [9.17, 15) is 0 Å². The van der Waals surface area contributed by atoms with E-state index in [1.54, 1.807) is 7.11 Å². The maximum Gasteiger partial charge on any atom is 0.0587 e. The van der Waals surface area contributed by atoms with Gasteiger partial charge in [0.25, 0.3) is 0 Å². The molecule has 1 aliphatic rings. The van der Waals surface area contributed by atoms with Crippen LogP contribution < -0.4 is 5.32 Å². The molecule has 0 aromatic rings. The van der Waals surface area contributed by atoms with Crippen molar-refractivity contribution in [1.29, 1.82) is 0 Å². The Bertz CT molecular complexity index is 128. The van der Waals surface area contributed by atoms with E-state index in [4.69, 9.17) is 4.74 Å². The van der Waals surface area contributed by atoms with Gasteiger partial charge in [-0.1, -0.05) is 12.2 Å². The number of ether oxygens (including phenoxy) is 1. The summed E-state index contributed by atoms with van der Waals surface area (Å²) in [4.78, 5) is 2.40. The topological polar surface area (TPSA) is 24.5 Å². The third kappa shape index (κ3) is 3.85. The quantitative estimate of drug-likeness (QED) is 0.452. The van der Waals surface area contributed by atoms with Crippen LogP contribution in [0.1, 0.15) is 0 Å². The van der Waals surface area contributed by atoms with Crippen molar-refractivity contribution in [3.8, 4) is 0 Å². The Balaban J connectivity index is 1.82. The van der Waals surface area contributed by atoms with Crippen LogP contribution in [0.2, 0.25) is 0 Å². The fourth-order valence-electron chi connectivity index (χ4n) is 1.24. The zero-order valence-corrected chi connectivity index (χ0v) is 7.75. The molecule has 0 saturated carbocycles. The first-order chi connectivity index (χ1) is 5.93. The van der Waals surface area contributed by atoms with Gasteiger partial charge in [-0.25, -0.2) is 0 Å². The van der Waals surface area contributed by atoms with Crippen molar-refractivity contribution in [2.24, 2.45) is 0 Å². The van der Waals surface area contributed by atoms with Crippen molar-refractivity contribution in [2.45, 2.75) is 0 Å². The standard InChI is InChI=1S/C9H18N2O/c1-12-9-5-10-4-8-11-6-2-3-7-11/h2-3,10H,4-9H2,1H3. The second-order valence-corrected chi connectivity index (χ2v) is 2.97. The van der Waals surface area contributed by atoms with Crippen molar-refractivity contribution in [2.75, 3.05) is 46.4 Å². The molecule has 0 saturated heterocycles. The summed E-state index contributed by atoms with van der Waals surface area (Å²) in [6.45, 7) is 6.19. The lowest BCUT2D eigenvalue weighted by Crippen LogP contribution is -2.31. The van der Waals surface area contributed by atoms with Gasteiger partial charge in [0.2, 0.25) is 0 Å². The van der Waals surface area contributed by atoms with Crippen LogP contribution in [-0.2, 0) is 4.74 Å². The van der Waals surface area contributed by atoms with Gasteiger partial charge in [-0.05, 0) is 0 Å². The van der Waals surface area contributed by atoms with Crippen molar-refractivity contribution in [1.82, 2.24) is 10.2 Å². The lowest BCUT2D eigenvalue weighted by atomic mass is 10.5. The third-order valence-corrected chi connectivity index (χ3v) is 1.98. The van der Waals surface area contributed by atoms with Gasteiger partial charge in [-0.2, -0.15) is 0 Å². The Kier molecular flexibility index (Phi) is 4.99. The van der Waals surface area contributed by atoms with Crippen molar-refractivity contribution in [3.63, 3.8) is 0 Å². The molecular formula is C9H18N2O. The van der Waals surface area contributed by atoms with Crippen molar-refractivity contribution >= 4 is 0 Å². The summed E-state index contributed by atoms with van der Waals surface area (Å²) >= 11 is 0. The van der Waals surface area contributed by atoms with Gasteiger partial charge in [0.05, 0.1) is 6.61 Å². The Morgan fingerprint density at radius 2 is 2.08 bits per heavy atom. The fraction of sp³-hybridized carbons (Fsp3) is 0.778. The van der Waals surface area contributed by atoms with E-state index < -0.39 is 0 Å². The third-order valence-electron chi connectivity index (χ3n) is 1.98. The van der Waals surface area contributed by atoms with Crippen molar-refractivity contribution in [3.05, 3.63) is 12.2 Å². The molecular weight excluding hydrogens is 152 g/mol. The highest BCUT2D eigenvalue weighted by atomic mass is 16.5. The Morgan fingerprint density at radius 3 is 2.75 bits per heavy atom. The molecule has 0 radical (unpaired) electrons. The molecule has 3 nitrogen and oxygen atoms in total. The number of nitrogens with one attached hydrogen (secondary N) is 1. The lowest BCUT2D eigenvalue weighted by molar-refractivity contribution is 0.198. The average Bonchev–Trinajstić information content (AvgIpc) is 2.57. The van der Waals surface area contributed by atoms with Crippen LogP contribution >= 0.6 is 0 Å². The summed E-state index contributed by atoms with van der Waals surface area (Å²) in [5.41, 5.74) is 0. The molecule has 70 valence electrons. The molecule has 0 atom stereocenters. The van der Waals surface area contributed by atoms with Gasteiger partial charge in [-0.15, -0.1) is 0 Å². The van der Waals surface area contributed by atoms with Gasteiger partial charge in [-0.3, -0.25) is 4.90 Å². The zero-order chi connectivity index (χ0) is 8.65. The summed E-state index contributed by atoms with van der Waals surface area (Å²) in [6, 6.07) is 0. The minimum Gasteiger partial charge on any atom is -0.383 e. The average molecular weight is 170 g/mol. The molecule has 0 spiro atoms. The molecule has 3 heteroatoms. The number of methoxy groups -OCH3 is 1. The van der Waals surface area contributed by atoms with Crippen LogP contribution in [0.25, 0.3) is 0 Å². The van der Waals surface area contributed by atoms with E-state index in [2.05, 4.69) is 22.4 Å². The molecule has 1 N–H and O–H groups in total. The highest BCUT2D eigenvalue weighted by molar-refractivity contribution is 4.95. The molecule has 0 aromatic heterocycles. The smallest absolute Gasteiger partial charge is 0.0587 e. The second-order valence-electron chi connectivity index (χ2n) is 2.97. The molecule has 0 unspecified atom stereocenters. The molecule has 1 heterocycles. The molecule has 1 aliphatic heterocycles. The second kappa shape index (κ2) is 6.17. The first-order valence-corrected chi connectivity index (χ1v) is 4.50. The molecule has 0 aromatic carbocycles. The Hall–Kier alpha value is -0.380. The predicted octanol–water partition coefficient (Wildman–Crippen LogP) is 0.0942. The maximum absolute atomic E-state index is 4.93. The van der Waals surface area contributed by atoms with E-state index in [-0.39, 0.29) is 0 Å². The molecule has 0 amide bonds. The van der Waals surface area contributed by atoms with Gasteiger partial charge >= 0.3 is 0 Å². The lowest BCUT2D eigenvalue weighted by Gasteiger charge is -2.14. The highest BCUT2D eigenvalue weighted by Gasteiger charge is 2.03. The summed E-state index contributed by atoms with van der Waals surface area (Å²) < 4.78 is 4.93. The summed E-state index contributed by atoms with van der Waals surface area (Å²) in [5, 5.41) is 3.32. The van der Waals surface area contributed by atoms with Crippen LogP contribution in [0.5, 0.6) is 0 Å². The number of hydrogen-bond donors (Lipinski definition) is 1. The Labute approximate surface area is 74.4 Å². The number of rotatable bonds is 6. The largest absolute Gasteiger partial charge is 0.383 e. The molecule has 12 heavy (non-hydrogen) atoms.